The van der Waals surface area contributed by atoms with Crippen LogP contribution in [0.3, 0.4) is 0 Å². The molecule has 0 unspecified atom stereocenters. The van der Waals surface area contributed by atoms with E-state index < -0.39 is 0 Å². The van der Waals surface area contributed by atoms with Crippen molar-refractivity contribution in [2.45, 2.75) is 121 Å². The van der Waals surface area contributed by atoms with E-state index in [9.17, 15) is 4.79 Å². The molecule has 0 saturated heterocycles. The van der Waals surface area contributed by atoms with E-state index in [4.69, 9.17) is 5.11 Å². The molecule has 1 aromatic rings. The molecule has 0 heterocycles. The molecule has 1 aromatic carbocycles. The molecule has 4 aliphatic carbocycles. The topological polar surface area (TPSA) is 43.4 Å². The maximum absolute atomic E-state index is 12.8. The molecule has 1 N–H and O–H groups in total. The summed E-state index contributed by atoms with van der Waals surface area (Å²) < 4.78 is 0. The third kappa shape index (κ3) is 5.50. The minimum atomic E-state index is -0.116. The molecule has 0 amide bonds. The van der Waals surface area contributed by atoms with Crippen LogP contribution in [0.1, 0.15) is 103 Å². The fraction of sp³-hybridized carbons (Fsp3) is 0.690. The lowest BCUT2D eigenvalue weighted by Crippen LogP contribution is -2.74. The Bertz CT molecular complexity index is 961. The van der Waals surface area contributed by atoms with Gasteiger partial charge in [0.2, 0.25) is 0 Å². The van der Waals surface area contributed by atoms with Gasteiger partial charge in [-0.15, -0.1) is 5.11 Å². The highest BCUT2D eigenvalue weighted by Gasteiger charge is 2.32. The van der Waals surface area contributed by atoms with E-state index in [0.29, 0.717) is 18.2 Å². The zero-order valence-corrected chi connectivity index (χ0v) is 21.4. The average Bonchev–Trinajstić information content (AvgIpc) is 2.86. The number of hydrogen-bond acceptors (Lipinski definition) is 2. The predicted molar refractivity (Wildman–Crippen MR) is 138 cm³/mol. The molecule has 33 heavy (non-hydrogen) atoms. The number of nitrogens with one attached hydrogen (secondary N) is 1. The molecule has 5 rings (SSSR count). The second-order valence-corrected chi connectivity index (χ2v) is 13.9. The van der Waals surface area contributed by atoms with Crippen LogP contribution in [-0.2, 0) is 4.79 Å². The van der Waals surface area contributed by atoms with Gasteiger partial charge in [0, 0.05) is 24.5 Å². The zero-order valence-electron chi connectivity index (χ0n) is 20.5. The van der Waals surface area contributed by atoms with Gasteiger partial charge in [-0.05, 0) is 77.5 Å². The molecule has 0 atom stereocenters. The molecular formula is C29H42N2OP+. The zero-order chi connectivity index (χ0) is 22.6. The molecule has 178 valence electrons. The summed E-state index contributed by atoms with van der Waals surface area (Å²) in [7, 11) is -0.116. The minimum absolute atomic E-state index is 0.116. The predicted octanol–water partition coefficient (Wildman–Crippen LogP) is 4.43. The molecular weight excluding hydrogens is 423 g/mol. The number of benzene rings is 1. The van der Waals surface area contributed by atoms with Gasteiger partial charge in [-0.1, -0.05) is 71.6 Å². The highest BCUT2D eigenvalue weighted by atomic mass is 31.1. The summed E-state index contributed by atoms with van der Waals surface area (Å²) in [6, 6.07) is 7.51. The van der Waals surface area contributed by atoms with Crippen molar-refractivity contribution >= 4 is 30.8 Å². The average molecular weight is 466 g/mol. The number of azo groups is 1. The Morgan fingerprint density at radius 2 is 1.48 bits per heavy atom. The van der Waals surface area contributed by atoms with E-state index in [2.05, 4.69) is 36.3 Å². The van der Waals surface area contributed by atoms with Crippen molar-refractivity contribution in [1.82, 2.24) is 0 Å². The second kappa shape index (κ2) is 10.9. The molecule has 0 bridgehead atoms. The highest BCUT2D eigenvalue weighted by molar-refractivity contribution is 7.67. The Balaban J connectivity index is 1.46. The van der Waals surface area contributed by atoms with Gasteiger partial charge < -0.3 is 0 Å². The summed E-state index contributed by atoms with van der Waals surface area (Å²) in [5.74, 6) is 0.984. The van der Waals surface area contributed by atoms with E-state index >= 15 is 0 Å². The summed E-state index contributed by atoms with van der Waals surface area (Å²) in [5, 5.41) is 12.0. The second-order valence-electron chi connectivity index (χ2n) is 11.1. The summed E-state index contributed by atoms with van der Waals surface area (Å²) in [5.41, 5.74) is 2.48. The van der Waals surface area contributed by atoms with Crippen LogP contribution < -0.4 is 20.9 Å². The number of ketones is 1. The number of carbonyl (C=O) groups is 1. The first-order valence-corrected chi connectivity index (χ1v) is 15.3. The first-order chi connectivity index (χ1) is 16.2. The number of fused-ring (bicyclic) bond motifs is 1. The quantitative estimate of drug-likeness (QED) is 0.507. The highest BCUT2D eigenvalue weighted by Crippen LogP contribution is 2.54. The molecule has 0 spiro atoms. The lowest BCUT2D eigenvalue weighted by atomic mass is 9.88. The van der Waals surface area contributed by atoms with Crippen molar-refractivity contribution < 1.29 is 9.91 Å². The summed E-state index contributed by atoms with van der Waals surface area (Å²) >= 11 is 0. The van der Waals surface area contributed by atoms with Gasteiger partial charge in [0.05, 0.1) is 0 Å². The molecule has 3 nitrogen and oxygen atoms in total. The van der Waals surface area contributed by atoms with Gasteiger partial charge in [-0.2, -0.15) is 0 Å². The maximum atomic E-state index is 12.8. The molecule has 3 saturated carbocycles. The number of carbonyl (C=O) groups excluding carboxylic acids is 1. The fourth-order valence-electron chi connectivity index (χ4n) is 6.65. The van der Waals surface area contributed by atoms with Crippen molar-refractivity contribution in [3.8, 4) is 0 Å². The SMILES string of the molecule is CC1CCC([NH+]=NC2=c3ccc(P(C4CCCCC4)C4CCCCC4)cc3=CCC2=O)CC1. The number of rotatable bonds is 5. The van der Waals surface area contributed by atoms with Crippen molar-refractivity contribution in [2.75, 3.05) is 0 Å². The summed E-state index contributed by atoms with van der Waals surface area (Å²) in [4.78, 5) is 12.8. The van der Waals surface area contributed by atoms with Crippen LogP contribution >= 0.6 is 7.92 Å². The smallest absolute Gasteiger partial charge is 0.191 e. The van der Waals surface area contributed by atoms with E-state index in [1.54, 1.807) is 5.30 Å². The van der Waals surface area contributed by atoms with Gasteiger partial charge in [-0.3, -0.25) is 4.79 Å². The Morgan fingerprint density at radius 1 is 0.848 bits per heavy atom. The Morgan fingerprint density at radius 3 is 2.12 bits per heavy atom. The largest absolute Gasteiger partial charge is 0.292 e. The van der Waals surface area contributed by atoms with Crippen molar-refractivity contribution in [1.29, 1.82) is 0 Å². The molecule has 0 aromatic heterocycles. The van der Waals surface area contributed by atoms with Crippen molar-refractivity contribution in [3.05, 3.63) is 28.6 Å². The van der Waals surface area contributed by atoms with Gasteiger partial charge in [0.15, 0.2) is 17.5 Å². The molecule has 4 aliphatic rings. The Kier molecular flexibility index (Phi) is 7.76. The normalized spacial score (nSPS) is 27.7. The Labute approximate surface area is 201 Å². The van der Waals surface area contributed by atoms with Crippen LogP contribution in [-0.4, -0.2) is 23.1 Å². The van der Waals surface area contributed by atoms with E-state index in [-0.39, 0.29) is 13.7 Å². The van der Waals surface area contributed by atoms with E-state index in [1.807, 2.05) is 0 Å². The Hall–Kier alpha value is -1.34. The lowest BCUT2D eigenvalue weighted by molar-refractivity contribution is -0.572. The van der Waals surface area contributed by atoms with Gasteiger partial charge in [0.1, 0.15) is 0 Å². The molecule has 4 heteroatoms. The monoisotopic (exact) mass is 465 g/mol. The number of Topliss-reactive ketones (excluding diaryl/α,β-unsaturated/α-hetero) is 1. The third-order valence-electron chi connectivity index (χ3n) is 8.67. The maximum Gasteiger partial charge on any atom is 0.191 e. The van der Waals surface area contributed by atoms with Crippen LogP contribution in [0.5, 0.6) is 0 Å². The van der Waals surface area contributed by atoms with E-state index in [1.165, 1.54) is 82.3 Å². The lowest BCUT2D eigenvalue weighted by Gasteiger charge is -2.38. The molecule has 0 aliphatic heterocycles. The van der Waals surface area contributed by atoms with Crippen LogP contribution in [0.25, 0.3) is 11.8 Å². The van der Waals surface area contributed by atoms with Gasteiger partial charge in [0.25, 0.3) is 0 Å². The minimum Gasteiger partial charge on any atom is -0.292 e. The standard InChI is InChI=1S/C29H41N2OP/c1-21-12-15-23(16-13-21)30-31-29-27-18-17-26(20-22(27)14-19-28(29)32)33(24-8-4-2-5-9-24)25-10-6-3-7-11-25/h14,17-18,20-21,23-25H,2-13,15-16,19H2,1H3/p+1. The van der Waals surface area contributed by atoms with Crippen LogP contribution in [0.4, 0.5) is 0 Å². The summed E-state index contributed by atoms with van der Waals surface area (Å²) in [6.07, 6.45) is 21.8. The van der Waals surface area contributed by atoms with Crippen molar-refractivity contribution in [3.63, 3.8) is 0 Å². The first-order valence-electron chi connectivity index (χ1n) is 13.8. The van der Waals surface area contributed by atoms with Gasteiger partial charge in [-0.25, -0.2) is 0 Å². The van der Waals surface area contributed by atoms with Crippen LogP contribution in [0.2, 0.25) is 0 Å². The number of nitrogens with zero attached hydrogens (tertiary/aromatic N) is 1. The third-order valence-corrected chi connectivity index (χ3v) is 12.2. The first kappa shape index (κ1) is 23.4. The van der Waals surface area contributed by atoms with Crippen molar-refractivity contribution in [2.24, 2.45) is 11.0 Å². The summed E-state index contributed by atoms with van der Waals surface area (Å²) in [6.45, 7) is 2.34. The van der Waals surface area contributed by atoms with E-state index in [0.717, 1.165) is 35.3 Å². The number of hydrogen-bond donors (Lipinski definition) is 1. The van der Waals surface area contributed by atoms with Gasteiger partial charge >= 0.3 is 0 Å². The fourth-order valence-corrected chi connectivity index (χ4v) is 10.5. The molecule has 0 radical (unpaired) electrons. The van der Waals surface area contributed by atoms with Crippen LogP contribution in [0.15, 0.2) is 23.3 Å². The molecule has 3 fully saturated rings. The van der Waals surface area contributed by atoms with Crippen LogP contribution in [0, 0.1) is 5.92 Å².